The molecule has 128 valence electrons. The molecule has 1 aliphatic rings. The van der Waals surface area contributed by atoms with Crippen LogP contribution >= 0.6 is 11.6 Å². The zero-order valence-corrected chi connectivity index (χ0v) is 14.4. The van der Waals surface area contributed by atoms with E-state index in [1.807, 2.05) is 30.3 Å². The van der Waals surface area contributed by atoms with Crippen molar-refractivity contribution in [2.75, 3.05) is 25.1 Å². The lowest BCUT2D eigenvalue weighted by Crippen LogP contribution is -2.11. The fraction of sp³-hybridized carbons (Fsp3) is 0.263. The summed E-state index contributed by atoms with van der Waals surface area (Å²) in [5.41, 5.74) is 0.839. The number of benzene rings is 1. The first-order valence-corrected chi connectivity index (χ1v) is 8.63. The zero-order valence-electron chi connectivity index (χ0n) is 13.6. The summed E-state index contributed by atoms with van der Waals surface area (Å²) in [4.78, 5) is 8.51. The molecule has 0 bridgehead atoms. The number of aromatic nitrogens is 2. The molecule has 1 saturated heterocycles. The minimum Gasteiger partial charge on any atom is -0.493 e. The molecule has 0 amide bonds. The highest BCUT2D eigenvalue weighted by Crippen LogP contribution is 2.28. The molecule has 4 rings (SSSR count). The minimum absolute atomic E-state index is 0.464. The largest absolute Gasteiger partial charge is 0.493 e. The highest BCUT2D eigenvalue weighted by Gasteiger charge is 2.16. The molecule has 1 aliphatic heterocycles. The number of fused-ring (bicyclic) bond motifs is 1. The van der Waals surface area contributed by atoms with E-state index in [0.29, 0.717) is 17.7 Å². The van der Waals surface area contributed by atoms with Crippen molar-refractivity contribution in [2.45, 2.75) is 6.42 Å². The van der Waals surface area contributed by atoms with Crippen LogP contribution in [-0.4, -0.2) is 29.8 Å². The van der Waals surface area contributed by atoms with E-state index in [0.717, 1.165) is 47.7 Å². The molecule has 3 aromatic rings. The van der Waals surface area contributed by atoms with E-state index in [-0.39, 0.29) is 0 Å². The van der Waals surface area contributed by atoms with Crippen molar-refractivity contribution in [3.63, 3.8) is 0 Å². The number of rotatable bonds is 5. The average molecular weight is 356 g/mol. The predicted octanol–water partition coefficient (Wildman–Crippen LogP) is 4.44. The molecule has 5 nitrogen and oxygen atoms in total. The zero-order chi connectivity index (χ0) is 17.1. The Bertz CT molecular complexity index is 864. The molecule has 1 aromatic carbocycles. The third-order valence-electron chi connectivity index (χ3n) is 4.24. The maximum Gasteiger partial charge on any atom is 0.138 e. The maximum absolute atomic E-state index is 5.92. The van der Waals surface area contributed by atoms with Crippen LogP contribution in [0.5, 0.6) is 5.75 Å². The van der Waals surface area contributed by atoms with Gasteiger partial charge in [0.2, 0.25) is 0 Å². The van der Waals surface area contributed by atoms with Crippen LogP contribution in [0.3, 0.4) is 0 Å². The molecule has 2 aromatic heterocycles. The number of hydrogen-bond acceptors (Lipinski definition) is 5. The van der Waals surface area contributed by atoms with Crippen LogP contribution in [0, 0.1) is 5.92 Å². The van der Waals surface area contributed by atoms with Gasteiger partial charge in [0.15, 0.2) is 0 Å². The van der Waals surface area contributed by atoms with E-state index >= 15 is 0 Å². The van der Waals surface area contributed by atoms with Crippen molar-refractivity contribution in [3.8, 4) is 5.75 Å². The van der Waals surface area contributed by atoms with Crippen LogP contribution in [0.4, 0.5) is 11.5 Å². The average Bonchev–Trinajstić information content (AvgIpc) is 3.15. The number of halogens is 1. The van der Waals surface area contributed by atoms with Gasteiger partial charge >= 0.3 is 0 Å². The van der Waals surface area contributed by atoms with Gasteiger partial charge in [-0.2, -0.15) is 0 Å². The van der Waals surface area contributed by atoms with E-state index in [1.54, 1.807) is 18.5 Å². The predicted molar refractivity (Wildman–Crippen MR) is 98.7 cm³/mol. The molecule has 25 heavy (non-hydrogen) atoms. The molecule has 6 heteroatoms. The highest BCUT2D eigenvalue weighted by molar-refractivity contribution is 6.29. The van der Waals surface area contributed by atoms with Crippen LogP contribution in [0.25, 0.3) is 10.8 Å². The molecule has 0 spiro atoms. The van der Waals surface area contributed by atoms with E-state index in [1.165, 1.54) is 0 Å². The molecule has 0 radical (unpaired) electrons. The Morgan fingerprint density at radius 3 is 2.96 bits per heavy atom. The monoisotopic (exact) mass is 355 g/mol. The number of anilines is 2. The van der Waals surface area contributed by atoms with Crippen molar-refractivity contribution in [1.82, 2.24) is 9.97 Å². The summed E-state index contributed by atoms with van der Waals surface area (Å²) in [6, 6.07) is 11.6. The summed E-state index contributed by atoms with van der Waals surface area (Å²) in [5, 5.41) is 5.84. The van der Waals surface area contributed by atoms with Gasteiger partial charge in [-0.1, -0.05) is 11.6 Å². The van der Waals surface area contributed by atoms with E-state index < -0.39 is 0 Å². The van der Waals surface area contributed by atoms with Gasteiger partial charge in [-0.25, -0.2) is 9.97 Å². The number of nitrogens with zero attached hydrogens (tertiary/aromatic N) is 2. The number of hydrogen-bond donors (Lipinski definition) is 1. The van der Waals surface area contributed by atoms with E-state index in [4.69, 9.17) is 21.1 Å². The Morgan fingerprint density at radius 1 is 1.20 bits per heavy atom. The lowest BCUT2D eigenvalue weighted by Gasteiger charge is -2.12. The summed E-state index contributed by atoms with van der Waals surface area (Å²) in [7, 11) is 0. The van der Waals surface area contributed by atoms with Crippen molar-refractivity contribution >= 4 is 33.9 Å². The summed E-state index contributed by atoms with van der Waals surface area (Å²) < 4.78 is 11.3. The molecule has 1 fully saturated rings. The lowest BCUT2D eigenvalue weighted by molar-refractivity contribution is 0.167. The topological polar surface area (TPSA) is 56.3 Å². The molecule has 1 atom stereocenters. The Balaban J connectivity index is 1.53. The standard InChI is InChI=1S/C19H18ClN3O2/c20-18-4-1-15(10-22-18)23-19-17-3-2-16(9-14(17)5-7-21-19)25-12-13-6-8-24-11-13/h1-5,7,9-10,13H,6,8,11-12H2,(H,21,23). The second-order valence-electron chi connectivity index (χ2n) is 6.08. The van der Waals surface area contributed by atoms with Gasteiger partial charge in [0.25, 0.3) is 0 Å². The second-order valence-corrected chi connectivity index (χ2v) is 6.46. The van der Waals surface area contributed by atoms with Crippen molar-refractivity contribution in [1.29, 1.82) is 0 Å². The second kappa shape index (κ2) is 7.25. The van der Waals surface area contributed by atoms with Gasteiger partial charge in [-0.05, 0) is 48.2 Å². The van der Waals surface area contributed by atoms with Crippen molar-refractivity contribution in [2.24, 2.45) is 5.92 Å². The molecule has 0 saturated carbocycles. The van der Waals surface area contributed by atoms with Gasteiger partial charge < -0.3 is 14.8 Å². The van der Waals surface area contributed by atoms with Crippen LogP contribution < -0.4 is 10.1 Å². The fourth-order valence-electron chi connectivity index (χ4n) is 2.86. The quantitative estimate of drug-likeness (QED) is 0.685. The molecule has 0 aliphatic carbocycles. The van der Waals surface area contributed by atoms with Gasteiger partial charge in [0.1, 0.15) is 16.7 Å². The Morgan fingerprint density at radius 2 is 2.16 bits per heavy atom. The number of pyridine rings is 2. The van der Waals surface area contributed by atoms with Crippen LogP contribution in [-0.2, 0) is 4.74 Å². The highest BCUT2D eigenvalue weighted by atomic mass is 35.5. The summed E-state index contributed by atoms with van der Waals surface area (Å²) in [5.74, 6) is 2.13. The van der Waals surface area contributed by atoms with Crippen molar-refractivity contribution in [3.05, 3.63) is 53.9 Å². The first kappa shape index (κ1) is 16.1. The Kier molecular flexibility index (Phi) is 4.68. The molecule has 3 heterocycles. The van der Waals surface area contributed by atoms with Gasteiger partial charge in [0, 0.05) is 24.1 Å². The third-order valence-corrected chi connectivity index (χ3v) is 4.46. The van der Waals surface area contributed by atoms with E-state index in [2.05, 4.69) is 15.3 Å². The summed E-state index contributed by atoms with van der Waals surface area (Å²) in [6.07, 6.45) is 4.54. The summed E-state index contributed by atoms with van der Waals surface area (Å²) >= 11 is 5.83. The summed E-state index contributed by atoms with van der Waals surface area (Å²) in [6.45, 7) is 2.32. The van der Waals surface area contributed by atoms with Crippen LogP contribution in [0.1, 0.15) is 6.42 Å². The number of nitrogens with one attached hydrogen (secondary N) is 1. The first-order valence-electron chi connectivity index (χ1n) is 8.26. The lowest BCUT2D eigenvalue weighted by atomic mass is 10.1. The van der Waals surface area contributed by atoms with E-state index in [9.17, 15) is 0 Å². The molecular formula is C19H18ClN3O2. The SMILES string of the molecule is Clc1ccc(Nc2nccc3cc(OCC4CCOC4)ccc23)cn1. The first-order chi connectivity index (χ1) is 12.3. The normalized spacial score (nSPS) is 16.9. The van der Waals surface area contributed by atoms with Crippen LogP contribution in [0.2, 0.25) is 5.15 Å². The third kappa shape index (κ3) is 3.83. The Labute approximate surface area is 151 Å². The maximum atomic E-state index is 5.92. The molecular weight excluding hydrogens is 338 g/mol. The van der Waals surface area contributed by atoms with Gasteiger partial charge in [-0.15, -0.1) is 0 Å². The minimum atomic E-state index is 0.464. The van der Waals surface area contributed by atoms with Crippen molar-refractivity contribution < 1.29 is 9.47 Å². The fourth-order valence-corrected chi connectivity index (χ4v) is 2.97. The van der Waals surface area contributed by atoms with Gasteiger partial charge in [0.05, 0.1) is 25.1 Å². The Hall–Kier alpha value is -2.37. The van der Waals surface area contributed by atoms with Crippen LogP contribution in [0.15, 0.2) is 48.8 Å². The number of ether oxygens (including phenoxy) is 2. The molecule has 1 unspecified atom stereocenters. The molecule has 1 N–H and O–H groups in total. The smallest absolute Gasteiger partial charge is 0.138 e. The van der Waals surface area contributed by atoms with Gasteiger partial charge in [-0.3, -0.25) is 0 Å².